The lowest BCUT2D eigenvalue weighted by atomic mass is 9.96. The zero-order chi connectivity index (χ0) is 16.8. The lowest BCUT2D eigenvalue weighted by Gasteiger charge is -2.16. The molecule has 3 rings (SSSR count). The van der Waals surface area contributed by atoms with Crippen molar-refractivity contribution < 1.29 is 9.47 Å². The second kappa shape index (κ2) is 8.32. The fourth-order valence-corrected chi connectivity index (χ4v) is 3.00. The number of ether oxygens (including phenoxy) is 2. The monoisotopic (exact) mass is 325 g/mol. The Balaban J connectivity index is 1.91. The number of benzene rings is 2. The number of hydrogen-bond donors (Lipinski definition) is 1. The molecule has 0 fully saturated rings. The van der Waals surface area contributed by atoms with Gasteiger partial charge < -0.3 is 14.8 Å². The molecule has 128 valence electrons. The molecule has 2 aromatic rings. The van der Waals surface area contributed by atoms with Crippen molar-refractivity contribution in [2.75, 3.05) is 26.4 Å². The van der Waals surface area contributed by atoms with Crippen molar-refractivity contribution in [1.82, 2.24) is 5.32 Å². The highest BCUT2D eigenvalue weighted by atomic mass is 16.5. The van der Waals surface area contributed by atoms with Crippen molar-refractivity contribution in [3.05, 3.63) is 64.7 Å². The van der Waals surface area contributed by atoms with E-state index >= 15 is 0 Å². The lowest BCUT2D eigenvalue weighted by molar-refractivity contribution is 0.101. The van der Waals surface area contributed by atoms with Crippen LogP contribution in [0, 0.1) is 0 Å². The van der Waals surface area contributed by atoms with Gasteiger partial charge in [0, 0.05) is 19.5 Å². The minimum atomic E-state index is 0.516. The van der Waals surface area contributed by atoms with E-state index in [2.05, 4.69) is 61.6 Å². The third kappa shape index (κ3) is 4.59. The fourth-order valence-electron chi connectivity index (χ4n) is 3.00. The molecule has 3 nitrogen and oxygen atoms in total. The van der Waals surface area contributed by atoms with Crippen LogP contribution >= 0.6 is 0 Å². The van der Waals surface area contributed by atoms with Gasteiger partial charge in [-0.05, 0) is 34.2 Å². The Bertz CT molecular complexity index is 667. The summed E-state index contributed by atoms with van der Waals surface area (Å²) >= 11 is 0. The summed E-state index contributed by atoms with van der Waals surface area (Å²) in [6.45, 7) is 8.12. The van der Waals surface area contributed by atoms with E-state index in [0.717, 1.165) is 25.3 Å². The van der Waals surface area contributed by atoms with Crippen LogP contribution in [0.15, 0.2) is 42.5 Å². The smallest absolute Gasteiger partial charge is 0.122 e. The van der Waals surface area contributed by atoms with Gasteiger partial charge in [-0.25, -0.2) is 0 Å². The molecular formula is C21H27NO2. The van der Waals surface area contributed by atoms with E-state index < -0.39 is 0 Å². The quantitative estimate of drug-likeness (QED) is 0.862. The molecular weight excluding hydrogens is 298 g/mol. The molecule has 0 saturated carbocycles. The first-order valence-corrected chi connectivity index (χ1v) is 8.84. The van der Waals surface area contributed by atoms with Crippen molar-refractivity contribution in [3.8, 4) is 5.75 Å². The van der Waals surface area contributed by atoms with Crippen LogP contribution in [-0.2, 0) is 17.7 Å². The van der Waals surface area contributed by atoms with Crippen LogP contribution in [0.2, 0.25) is 0 Å². The maximum atomic E-state index is 5.99. The molecule has 0 saturated heterocycles. The highest BCUT2D eigenvalue weighted by molar-refractivity contribution is 5.42. The second-order valence-corrected chi connectivity index (χ2v) is 6.66. The molecule has 1 heterocycles. The molecule has 1 aliphatic heterocycles. The Hall–Kier alpha value is -1.84. The first-order chi connectivity index (χ1) is 11.7. The molecule has 24 heavy (non-hydrogen) atoms. The number of fused-ring (bicyclic) bond motifs is 3. The van der Waals surface area contributed by atoms with Crippen LogP contribution in [0.4, 0.5) is 0 Å². The highest BCUT2D eigenvalue weighted by Gasteiger charge is 2.10. The summed E-state index contributed by atoms with van der Waals surface area (Å²) < 4.78 is 11.6. The van der Waals surface area contributed by atoms with Crippen molar-refractivity contribution >= 4 is 0 Å². The van der Waals surface area contributed by atoms with E-state index in [1.165, 1.54) is 22.3 Å². The summed E-state index contributed by atoms with van der Waals surface area (Å²) in [5.74, 6) is 1.49. The predicted octanol–water partition coefficient (Wildman–Crippen LogP) is 3.90. The maximum Gasteiger partial charge on any atom is 0.122 e. The van der Waals surface area contributed by atoms with Crippen LogP contribution < -0.4 is 10.1 Å². The average molecular weight is 325 g/mol. The summed E-state index contributed by atoms with van der Waals surface area (Å²) in [6.07, 6.45) is 0.893. The van der Waals surface area contributed by atoms with Crippen LogP contribution in [0.5, 0.6) is 5.75 Å². The third-order valence-corrected chi connectivity index (χ3v) is 4.37. The van der Waals surface area contributed by atoms with Gasteiger partial charge in [0.25, 0.3) is 0 Å². The topological polar surface area (TPSA) is 30.5 Å². The van der Waals surface area contributed by atoms with Gasteiger partial charge in [-0.2, -0.15) is 0 Å². The summed E-state index contributed by atoms with van der Waals surface area (Å²) in [5, 5.41) is 3.43. The van der Waals surface area contributed by atoms with Gasteiger partial charge in [0.1, 0.15) is 12.4 Å². The molecule has 0 unspecified atom stereocenters. The molecule has 1 N–H and O–H groups in total. The van der Waals surface area contributed by atoms with Crippen LogP contribution in [0.25, 0.3) is 0 Å². The van der Waals surface area contributed by atoms with E-state index in [1.807, 2.05) is 0 Å². The molecule has 2 bridgehead atoms. The lowest BCUT2D eigenvalue weighted by Crippen LogP contribution is -2.21. The summed E-state index contributed by atoms with van der Waals surface area (Å²) in [4.78, 5) is 0. The van der Waals surface area contributed by atoms with Crippen molar-refractivity contribution in [2.45, 2.75) is 32.7 Å². The summed E-state index contributed by atoms with van der Waals surface area (Å²) in [6, 6.07) is 15.4. The average Bonchev–Trinajstić information content (AvgIpc) is 2.58. The second-order valence-electron chi connectivity index (χ2n) is 6.66. The van der Waals surface area contributed by atoms with Gasteiger partial charge in [0.15, 0.2) is 0 Å². The SMILES string of the molecule is CC(C)c1ccc2c(c1)Cc1cccc(c1)CNCCOCCO2. The van der Waals surface area contributed by atoms with E-state index in [-0.39, 0.29) is 0 Å². The van der Waals surface area contributed by atoms with Gasteiger partial charge >= 0.3 is 0 Å². The Morgan fingerprint density at radius 1 is 0.958 bits per heavy atom. The number of nitrogens with one attached hydrogen (secondary N) is 1. The molecule has 0 aromatic heterocycles. The van der Waals surface area contributed by atoms with E-state index in [9.17, 15) is 0 Å². The van der Waals surface area contributed by atoms with Crippen LogP contribution in [-0.4, -0.2) is 26.4 Å². The van der Waals surface area contributed by atoms with Crippen molar-refractivity contribution in [2.24, 2.45) is 0 Å². The Morgan fingerprint density at radius 2 is 1.83 bits per heavy atom. The molecule has 3 heteroatoms. The fraction of sp³-hybridized carbons (Fsp3) is 0.429. The number of hydrogen-bond acceptors (Lipinski definition) is 3. The van der Waals surface area contributed by atoms with Gasteiger partial charge in [-0.15, -0.1) is 0 Å². The zero-order valence-electron chi connectivity index (χ0n) is 14.7. The Labute approximate surface area is 145 Å². The van der Waals surface area contributed by atoms with Gasteiger partial charge in [-0.1, -0.05) is 50.2 Å². The predicted molar refractivity (Wildman–Crippen MR) is 97.8 cm³/mol. The van der Waals surface area contributed by atoms with E-state index in [4.69, 9.17) is 9.47 Å². The van der Waals surface area contributed by atoms with Crippen molar-refractivity contribution in [3.63, 3.8) is 0 Å². The highest BCUT2D eigenvalue weighted by Crippen LogP contribution is 2.27. The molecule has 0 aliphatic carbocycles. The largest absolute Gasteiger partial charge is 0.491 e. The third-order valence-electron chi connectivity index (χ3n) is 4.37. The normalized spacial score (nSPS) is 16.1. The van der Waals surface area contributed by atoms with Crippen LogP contribution in [0.1, 0.15) is 42.0 Å². The Kier molecular flexibility index (Phi) is 5.89. The molecule has 0 radical (unpaired) electrons. The van der Waals surface area contributed by atoms with Gasteiger partial charge in [0.2, 0.25) is 0 Å². The molecule has 0 spiro atoms. The van der Waals surface area contributed by atoms with E-state index in [0.29, 0.717) is 25.7 Å². The zero-order valence-corrected chi connectivity index (χ0v) is 14.7. The maximum absolute atomic E-state index is 5.99. The standard InChI is InChI=1S/C21H27NO2/c1-16(2)19-6-7-21-20(14-19)13-17-4-3-5-18(12-17)15-22-8-9-23-10-11-24-21/h3-7,12,14,16,22H,8-11,13,15H2,1-2H3. The molecule has 0 amide bonds. The van der Waals surface area contributed by atoms with Gasteiger partial charge in [0.05, 0.1) is 13.2 Å². The first-order valence-electron chi connectivity index (χ1n) is 8.84. The minimum absolute atomic E-state index is 0.516. The molecule has 0 atom stereocenters. The van der Waals surface area contributed by atoms with E-state index in [1.54, 1.807) is 0 Å². The number of rotatable bonds is 1. The first kappa shape index (κ1) is 17.0. The van der Waals surface area contributed by atoms with Crippen LogP contribution in [0.3, 0.4) is 0 Å². The minimum Gasteiger partial charge on any atom is -0.491 e. The molecule has 2 aromatic carbocycles. The Morgan fingerprint density at radius 3 is 2.71 bits per heavy atom. The van der Waals surface area contributed by atoms with Gasteiger partial charge in [-0.3, -0.25) is 0 Å². The van der Waals surface area contributed by atoms with Crippen molar-refractivity contribution in [1.29, 1.82) is 0 Å². The summed E-state index contributed by atoms with van der Waals surface area (Å²) in [5.41, 5.74) is 5.25. The molecule has 1 aliphatic rings. The summed E-state index contributed by atoms with van der Waals surface area (Å²) in [7, 11) is 0.